The van der Waals surface area contributed by atoms with Crippen LogP contribution >= 0.6 is 0 Å². The van der Waals surface area contributed by atoms with Crippen molar-refractivity contribution in [3.05, 3.63) is 64.4 Å². The summed E-state index contributed by atoms with van der Waals surface area (Å²) in [5.74, 6) is 1.15. The maximum absolute atomic E-state index is 13.0. The van der Waals surface area contributed by atoms with Crippen LogP contribution < -0.4 is 15.7 Å². The van der Waals surface area contributed by atoms with Gasteiger partial charge in [0.1, 0.15) is 5.75 Å². The topological polar surface area (TPSA) is 77.7 Å². The molecule has 0 fully saturated rings. The number of para-hydroxylation sites is 1. The predicted molar refractivity (Wildman–Crippen MR) is 116 cm³/mol. The van der Waals surface area contributed by atoms with Crippen LogP contribution in [0, 0.1) is 0 Å². The number of nitrogens with zero attached hydrogens (tertiary/aromatic N) is 3. The molecule has 0 amide bonds. The summed E-state index contributed by atoms with van der Waals surface area (Å²) in [5, 5.41) is 4.85. The summed E-state index contributed by atoms with van der Waals surface area (Å²) < 4.78 is 12.4. The summed E-state index contributed by atoms with van der Waals surface area (Å²) in [6.07, 6.45) is 2.52. The number of benzene rings is 2. The van der Waals surface area contributed by atoms with Crippen LogP contribution in [0.5, 0.6) is 5.75 Å². The summed E-state index contributed by atoms with van der Waals surface area (Å²) in [5.41, 5.74) is 4.33. The number of ether oxygens (including phenoxy) is 2. The molecule has 3 rings (SSSR count). The minimum Gasteiger partial charge on any atom is -0.497 e. The highest BCUT2D eigenvalue weighted by molar-refractivity contribution is 5.81. The zero-order chi connectivity index (χ0) is 20.6. The molecule has 152 valence electrons. The van der Waals surface area contributed by atoms with Gasteiger partial charge in [-0.05, 0) is 50.1 Å². The van der Waals surface area contributed by atoms with Crippen LogP contribution in [0.1, 0.15) is 25.8 Å². The van der Waals surface area contributed by atoms with Gasteiger partial charge in [-0.3, -0.25) is 9.36 Å². The smallest absolute Gasteiger partial charge is 0.262 e. The molecule has 0 unspecified atom stereocenters. The van der Waals surface area contributed by atoms with Gasteiger partial charge in [-0.15, -0.1) is 0 Å². The maximum atomic E-state index is 13.0. The molecule has 1 heterocycles. The van der Waals surface area contributed by atoms with E-state index in [-0.39, 0.29) is 11.7 Å². The molecule has 1 N–H and O–H groups in total. The lowest BCUT2D eigenvalue weighted by Gasteiger charge is -2.13. The van der Waals surface area contributed by atoms with Gasteiger partial charge in [0.05, 0.1) is 30.3 Å². The highest BCUT2D eigenvalue weighted by Gasteiger charge is 2.10. The summed E-state index contributed by atoms with van der Waals surface area (Å²) in [7, 11) is 1.62. The van der Waals surface area contributed by atoms with Gasteiger partial charge in [-0.1, -0.05) is 24.3 Å². The van der Waals surface area contributed by atoms with Gasteiger partial charge in [0, 0.05) is 13.2 Å². The molecule has 7 heteroatoms. The Balaban J connectivity index is 1.85. The van der Waals surface area contributed by atoms with E-state index in [1.165, 1.54) is 0 Å². The fourth-order valence-corrected chi connectivity index (χ4v) is 2.89. The number of methoxy groups -OCH3 is 1. The van der Waals surface area contributed by atoms with E-state index in [9.17, 15) is 4.79 Å². The zero-order valence-electron chi connectivity index (χ0n) is 17.0. The van der Waals surface area contributed by atoms with E-state index in [4.69, 9.17) is 9.47 Å². The lowest BCUT2D eigenvalue weighted by atomic mass is 10.2. The molecule has 29 heavy (non-hydrogen) atoms. The van der Waals surface area contributed by atoms with Crippen LogP contribution in [0.2, 0.25) is 0 Å². The van der Waals surface area contributed by atoms with Crippen molar-refractivity contribution < 1.29 is 9.47 Å². The number of hydrogen-bond acceptors (Lipinski definition) is 6. The van der Waals surface area contributed by atoms with Gasteiger partial charge >= 0.3 is 0 Å². The molecule has 0 atom stereocenters. The Hall–Kier alpha value is -3.19. The van der Waals surface area contributed by atoms with Crippen molar-refractivity contribution in [2.24, 2.45) is 5.10 Å². The molecule has 1 aromatic heterocycles. The Morgan fingerprint density at radius 3 is 2.83 bits per heavy atom. The number of aromatic nitrogens is 2. The SMILES string of the molecule is COc1cccc(/C=N\Nc2nc3ccccc3c(=O)n2CCCOC(C)C)c1. The molecular weight excluding hydrogens is 368 g/mol. The van der Waals surface area contributed by atoms with Crippen LogP contribution in [0.25, 0.3) is 10.9 Å². The average molecular weight is 394 g/mol. The molecule has 3 aromatic rings. The van der Waals surface area contributed by atoms with Gasteiger partial charge in [-0.2, -0.15) is 5.10 Å². The molecule has 0 bridgehead atoms. The molecular formula is C22H26N4O3. The first-order valence-electron chi connectivity index (χ1n) is 9.63. The highest BCUT2D eigenvalue weighted by Crippen LogP contribution is 2.13. The first-order valence-corrected chi connectivity index (χ1v) is 9.63. The minimum absolute atomic E-state index is 0.0979. The van der Waals surface area contributed by atoms with Crippen molar-refractivity contribution in [2.45, 2.75) is 32.9 Å². The van der Waals surface area contributed by atoms with E-state index >= 15 is 0 Å². The minimum atomic E-state index is -0.0979. The van der Waals surface area contributed by atoms with E-state index in [1.807, 2.05) is 56.3 Å². The zero-order valence-corrected chi connectivity index (χ0v) is 17.0. The van der Waals surface area contributed by atoms with Crippen LogP contribution in [0.4, 0.5) is 5.95 Å². The van der Waals surface area contributed by atoms with E-state index in [2.05, 4.69) is 15.5 Å². The van der Waals surface area contributed by atoms with Gasteiger partial charge in [0.2, 0.25) is 5.95 Å². The summed E-state index contributed by atoms with van der Waals surface area (Å²) >= 11 is 0. The van der Waals surface area contributed by atoms with Gasteiger partial charge in [0.15, 0.2) is 0 Å². The van der Waals surface area contributed by atoms with Crippen LogP contribution in [-0.2, 0) is 11.3 Å². The molecule has 0 aliphatic heterocycles. The molecule has 0 spiro atoms. The summed E-state index contributed by atoms with van der Waals surface area (Å²) in [4.78, 5) is 17.6. The van der Waals surface area contributed by atoms with Gasteiger partial charge < -0.3 is 9.47 Å². The van der Waals surface area contributed by atoms with Gasteiger partial charge in [0.25, 0.3) is 5.56 Å². The number of hydrogen-bond donors (Lipinski definition) is 1. The van der Waals surface area contributed by atoms with Crippen molar-refractivity contribution >= 4 is 23.1 Å². The predicted octanol–water partition coefficient (Wildman–Crippen LogP) is 3.67. The molecule has 0 radical (unpaired) electrons. The first-order chi connectivity index (χ1) is 14.1. The lowest BCUT2D eigenvalue weighted by molar-refractivity contribution is 0.0748. The highest BCUT2D eigenvalue weighted by atomic mass is 16.5. The molecule has 0 saturated heterocycles. The van der Waals surface area contributed by atoms with E-state index in [1.54, 1.807) is 24.0 Å². The maximum Gasteiger partial charge on any atom is 0.262 e. The molecule has 2 aromatic carbocycles. The second-order valence-corrected chi connectivity index (χ2v) is 6.83. The second kappa shape index (κ2) is 9.84. The van der Waals surface area contributed by atoms with E-state index in [0.29, 0.717) is 36.4 Å². The Kier molecular flexibility index (Phi) is 6.97. The number of hydrazone groups is 1. The fourth-order valence-electron chi connectivity index (χ4n) is 2.89. The molecule has 0 aliphatic carbocycles. The van der Waals surface area contributed by atoms with Crippen molar-refractivity contribution in [1.29, 1.82) is 0 Å². The average Bonchev–Trinajstić information content (AvgIpc) is 2.73. The fraction of sp³-hybridized carbons (Fsp3) is 0.318. The lowest BCUT2D eigenvalue weighted by Crippen LogP contribution is -2.25. The molecule has 0 aliphatic rings. The summed E-state index contributed by atoms with van der Waals surface area (Å²) in [6.45, 7) is 5.04. The monoisotopic (exact) mass is 394 g/mol. The number of anilines is 1. The third-order valence-corrected chi connectivity index (χ3v) is 4.31. The van der Waals surface area contributed by atoms with Crippen LogP contribution in [-0.4, -0.2) is 35.6 Å². The Morgan fingerprint density at radius 1 is 1.21 bits per heavy atom. The number of fused-ring (bicyclic) bond motifs is 1. The molecule has 0 saturated carbocycles. The Labute approximate surface area is 170 Å². The Bertz CT molecular complexity index is 1040. The van der Waals surface area contributed by atoms with Crippen LogP contribution in [0.3, 0.4) is 0 Å². The van der Waals surface area contributed by atoms with Crippen molar-refractivity contribution in [1.82, 2.24) is 9.55 Å². The standard InChI is InChI=1S/C22H26N4O3/c1-16(2)29-13-7-12-26-21(27)19-10-4-5-11-20(19)24-22(26)25-23-15-17-8-6-9-18(14-17)28-3/h4-6,8-11,14-16H,7,12-13H2,1-3H3,(H,24,25)/b23-15-. The normalized spacial score (nSPS) is 11.4. The van der Waals surface area contributed by atoms with Crippen molar-refractivity contribution in [2.75, 3.05) is 19.1 Å². The van der Waals surface area contributed by atoms with Crippen molar-refractivity contribution in [3.63, 3.8) is 0 Å². The Morgan fingerprint density at radius 2 is 2.03 bits per heavy atom. The van der Waals surface area contributed by atoms with Crippen molar-refractivity contribution in [3.8, 4) is 5.75 Å². The number of nitrogens with one attached hydrogen (secondary N) is 1. The first kappa shape index (κ1) is 20.5. The third-order valence-electron chi connectivity index (χ3n) is 4.31. The van der Waals surface area contributed by atoms with Gasteiger partial charge in [-0.25, -0.2) is 10.4 Å². The number of rotatable bonds is 9. The second-order valence-electron chi connectivity index (χ2n) is 6.83. The van der Waals surface area contributed by atoms with Crippen LogP contribution in [0.15, 0.2) is 58.4 Å². The van der Waals surface area contributed by atoms with E-state index < -0.39 is 0 Å². The summed E-state index contributed by atoms with van der Waals surface area (Å²) in [6, 6.07) is 14.8. The van der Waals surface area contributed by atoms with E-state index in [0.717, 1.165) is 11.3 Å². The molecule has 7 nitrogen and oxygen atoms in total. The largest absolute Gasteiger partial charge is 0.497 e. The quantitative estimate of drug-likeness (QED) is 0.340. The third kappa shape index (κ3) is 5.42.